The Hall–Kier alpha value is -2.47. The molecule has 1 aliphatic heterocycles. The van der Waals surface area contributed by atoms with Crippen LogP contribution in [0.4, 0.5) is 20.2 Å². The van der Waals surface area contributed by atoms with E-state index in [4.69, 9.17) is 11.6 Å². The van der Waals surface area contributed by atoms with Gasteiger partial charge in [0.1, 0.15) is 5.82 Å². The topological polar surface area (TPSA) is 58.2 Å². The molecule has 0 saturated heterocycles. The summed E-state index contributed by atoms with van der Waals surface area (Å²) < 4.78 is 27.2. The lowest BCUT2D eigenvalue weighted by Crippen LogP contribution is -2.31. The predicted molar refractivity (Wildman–Crippen MR) is 82.4 cm³/mol. The van der Waals surface area contributed by atoms with Crippen LogP contribution in [0.5, 0.6) is 0 Å². The first-order chi connectivity index (χ1) is 11.0. The van der Waals surface area contributed by atoms with Crippen LogP contribution >= 0.6 is 11.6 Å². The molecular formula is C16H11ClF2N2O2. The van der Waals surface area contributed by atoms with Crippen molar-refractivity contribution in [3.05, 3.63) is 58.6 Å². The van der Waals surface area contributed by atoms with Gasteiger partial charge >= 0.3 is 0 Å². The molecule has 2 aromatic carbocycles. The predicted octanol–water partition coefficient (Wildman–Crippen LogP) is 3.68. The Morgan fingerprint density at radius 3 is 2.83 bits per heavy atom. The van der Waals surface area contributed by atoms with Gasteiger partial charge in [-0.3, -0.25) is 9.59 Å². The summed E-state index contributed by atoms with van der Waals surface area (Å²) in [6.45, 7) is 0. The highest BCUT2D eigenvalue weighted by Gasteiger charge is 2.31. The summed E-state index contributed by atoms with van der Waals surface area (Å²) in [5, 5.41) is 4.82. The van der Waals surface area contributed by atoms with Crippen molar-refractivity contribution >= 4 is 34.8 Å². The van der Waals surface area contributed by atoms with Crippen LogP contribution in [-0.4, -0.2) is 11.8 Å². The third-order valence-electron chi connectivity index (χ3n) is 3.58. The van der Waals surface area contributed by atoms with Gasteiger partial charge in [-0.15, -0.1) is 0 Å². The van der Waals surface area contributed by atoms with E-state index in [0.29, 0.717) is 5.56 Å². The zero-order chi connectivity index (χ0) is 16.6. The van der Waals surface area contributed by atoms with Gasteiger partial charge in [0.05, 0.1) is 16.6 Å². The Bertz CT molecular complexity index is 811. The maximum absolute atomic E-state index is 13.9. The Labute approximate surface area is 135 Å². The molecule has 0 radical (unpaired) electrons. The molecule has 1 aliphatic rings. The number of benzene rings is 2. The van der Waals surface area contributed by atoms with E-state index in [-0.39, 0.29) is 22.8 Å². The molecule has 2 amide bonds. The van der Waals surface area contributed by atoms with Crippen LogP contribution in [0.15, 0.2) is 36.4 Å². The van der Waals surface area contributed by atoms with Crippen molar-refractivity contribution in [1.29, 1.82) is 0 Å². The molecule has 1 unspecified atom stereocenters. The molecule has 4 nitrogen and oxygen atoms in total. The van der Waals surface area contributed by atoms with Crippen LogP contribution in [0.3, 0.4) is 0 Å². The molecule has 1 heterocycles. The molecular weight excluding hydrogens is 326 g/mol. The third-order valence-corrected chi connectivity index (χ3v) is 3.87. The molecule has 3 rings (SSSR count). The van der Waals surface area contributed by atoms with Crippen LogP contribution in [-0.2, 0) is 9.59 Å². The molecule has 1 atom stereocenters. The normalized spacial score (nSPS) is 16.5. The zero-order valence-corrected chi connectivity index (χ0v) is 12.5. The summed E-state index contributed by atoms with van der Waals surface area (Å²) in [7, 11) is 0. The lowest BCUT2D eigenvalue weighted by molar-refractivity contribution is -0.123. The first kappa shape index (κ1) is 15.4. The number of hydrogen-bond acceptors (Lipinski definition) is 2. The fraction of sp³-hybridized carbons (Fsp3) is 0.125. The van der Waals surface area contributed by atoms with Crippen molar-refractivity contribution in [3.63, 3.8) is 0 Å². The smallest absolute Gasteiger partial charge is 0.232 e. The van der Waals surface area contributed by atoms with Gasteiger partial charge in [-0.2, -0.15) is 0 Å². The Morgan fingerprint density at radius 2 is 2.04 bits per heavy atom. The summed E-state index contributed by atoms with van der Waals surface area (Å²) >= 11 is 5.67. The Balaban J connectivity index is 1.91. The van der Waals surface area contributed by atoms with Crippen molar-refractivity contribution in [1.82, 2.24) is 0 Å². The van der Waals surface area contributed by atoms with Crippen LogP contribution in [0.2, 0.25) is 5.02 Å². The van der Waals surface area contributed by atoms with E-state index in [2.05, 4.69) is 10.6 Å². The van der Waals surface area contributed by atoms with Crippen molar-refractivity contribution < 1.29 is 18.4 Å². The lowest BCUT2D eigenvalue weighted by Gasteiger charge is -2.25. The van der Waals surface area contributed by atoms with Crippen molar-refractivity contribution in [2.45, 2.75) is 12.3 Å². The molecule has 0 fully saturated rings. The number of carbonyl (C=O) groups is 2. The fourth-order valence-corrected chi connectivity index (χ4v) is 2.67. The molecule has 2 aromatic rings. The number of nitrogens with one attached hydrogen (secondary N) is 2. The van der Waals surface area contributed by atoms with E-state index in [1.54, 1.807) is 0 Å². The minimum atomic E-state index is -0.835. The SMILES string of the molecule is O=C1CC(C(=O)Nc2cccc(Cl)c2F)c2ccc(F)cc2N1. The van der Waals surface area contributed by atoms with Gasteiger partial charge < -0.3 is 10.6 Å². The number of carbonyl (C=O) groups excluding carboxylic acids is 2. The first-order valence-corrected chi connectivity index (χ1v) is 7.17. The second kappa shape index (κ2) is 5.96. The molecule has 2 N–H and O–H groups in total. The summed E-state index contributed by atoms with van der Waals surface area (Å²) in [5.74, 6) is -3.07. The van der Waals surface area contributed by atoms with Gasteiger partial charge in [-0.05, 0) is 29.8 Å². The molecule has 0 spiro atoms. The van der Waals surface area contributed by atoms with E-state index in [9.17, 15) is 18.4 Å². The number of rotatable bonds is 2. The number of anilines is 2. The molecule has 0 aromatic heterocycles. The molecule has 7 heteroatoms. The molecule has 0 aliphatic carbocycles. The Morgan fingerprint density at radius 1 is 1.26 bits per heavy atom. The fourth-order valence-electron chi connectivity index (χ4n) is 2.49. The molecule has 118 valence electrons. The summed E-state index contributed by atoms with van der Waals surface area (Å²) in [6.07, 6.45) is -0.105. The minimum Gasteiger partial charge on any atom is -0.326 e. The van der Waals surface area contributed by atoms with Gasteiger partial charge in [0.25, 0.3) is 0 Å². The third kappa shape index (κ3) is 3.03. The van der Waals surface area contributed by atoms with Gasteiger partial charge in [0.15, 0.2) is 5.82 Å². The average molecular weight is 337 g/mol. The number of amides is 2. The van der Waals surface area contributed by atoms with E-state index in [0.717, 1.165) is 6.07 Å². The van der Waals surface area contributed by atoms with E-state index >= 15 is 0 Å². The van der Waals surface area contributed by atoms with Gasteiger partial charge in [0.2, 0.25) is 11.8 Å². The average Bonchev–Trinajstić information content (AvgIpc) is 2.50. The maximum atomic E-state index is 13.9. The highest BCUT2D eigenvalue weighted by molar-refractivity contribution is 6.31. The van der Waals surface area contributed by atoms with Crippen LogP contribution < -0.4 is 10.6 Å². The Kier molecular flexibility index (Phi) is 4.00. The number of fused-ring (bicyclic) bond motifs is 1. The minimum absolute atomic E-state index is 0.0721. The standard InChI is InChI=1S/C16H11ClF2N2O2/c17-11-2-1-3-12(15(11)19)21-16(23)10-7-14(22)20-13-6-8(18)4-5-9(10)13/h1-6,10H,7H2,(H,20,22)(H,21,23). The summed E-state index contributed by atoms with van der Waals surface area (Å²) in [4.78, 5) is 24.1. The number of halogens is 3. The van der Waals surface area contributed by atoms with E-state index in [1.165, 1.54) is 30.3 Å². The van der Waals surface area contributed by atoms with Crippen molar-refractivity contribution in [2.24, 2.45) is 0 Å². The quantitative estimate of drug-likeness (QED) is 0.879. The number of hydrogen-bond donors (Lipinski definition) is 2. The van der Waals surface area contributed by atoms with Gasteiger partial charge in [0, 0.05) is 12.1 Å². The highest BCUT2D eigenvalue weighted by atomic mass is 35.5. The van der Waals surface area contributed by atoms with Crippen LogP contribution in [0.1, 0.15) is 17.9 Å². The van der Waals surface area contributed by atoms with E-state index < -0.39 is 29.4 Å². The zero-order valence-electron chi connectivity index (χ0n) is 11.7. The summed E-state index contributed by atoms with van der Waals surface area (Å²) in [5.41, 5.74) is 0.649. The van der Waals surface area contributed by atoms with E-state index in [1.807, 2.05) is 0 Å². The van der Waals surface area contributed by atoms with Crippen LogP contribution in [0.25, 0.3) is 0 Å². The lowest BCUT2D eigenvalue weighted by atomic mass is 9.89. The molecule has 0 bridgehead atoms. The second-order valence-corrected chi connectivity index (χ2v) is 5.53. The monoisotopic (exact) mass is 336 g/mol. The van der Waals surface area contributed by atoms with Gasteiger partial charge in [-0.25, -0.2) is 8.78 Å². The highest BCUT2D eigenvalue weighted by Crippen LogP contribution is 2.34. The molecule has 0 saturated carbocycles. The van der Waals surface area contributed by atoms with Crippen molar-refractivity contribution in [3.8, 4) is 0 Å². The summed E-state index contributed by atoms with van der Waals surface area (Å²) in [6, 6.07) is 8.01. The first-order valence-electron chi connectivity index (χ1n) is 6.80. The second-order valence-electron chi connectivity index (χ2n) is 5.13. The van der Waals surface area contributed by atoms with Crippen molar-refractivity contribution in [2.75, 3.05) is 10.6 Å². The largest absolute Gasteiger partial charge is 0.326 e. The molecule has 23 heavy (non-hydrogen) atoms. The maximum Gasteiger partial charge on any atom is 0.232 e. The van der Waals surface area contributed by atoms with Crippen LogP contribution in [0, 0.1) is 11.6 Å². The van der Waals surface area contributed by atoms with Gasteiger partial charge in [-0.1, -0.05) is 23.7 Å².